The molecule has 1 heterocycles. The Bertz CT molecular complexity index is 267. The molecule has 5 heteroatoms. The lowest BCUT2D eigenvalue weighted by Gasteiger charge is -2.34. The van der Waals surface area contributed by atoms with Crippen LogP contribution < -0.4 is 5.32 Å². The Morgan fingerprint density at radius 3 is 2.00 bits per heavy atom. The first-order valence-corrected chi connectivity index (χ1v) is 6.26. The standard InChI is InChI=1S/C12H21N5/c13-3-1-5-15-6-8-17-11-9-16(10-12-17)7-2-4-14/h15H,1-2,5-12H2. The van der Waals surface area contributed by atoms with Gasteiger partial charge in [-0.1, -0.05) is 0 Å². The van der Waals surface area contributed by atoms with Gasteiger partial charge in [0.25, 0.3) is 0 Å². The fourth-order valence-corrected chi connectivity index (χ4v) is 1.95. The number of hydrogen-bond donors (Lipinski definition) is 1. The zero-order valence-corrected chi connectivity index (χ0v) is 10.4. The molecule has 1 fully saturated rings. The van der Waals surface area contributed by atoms with Crippen molar-refractivity contribution in [2.24, 2.45) is 0 Å². The number of hydrogen-bond acceptors (Lipinski definition) is 5. The lowest BCUT2D eigenvalue weighted by Crippen LogP contribution is -2.48. The van der Waals surface area contributed by atoms with Gasteiger partial charge in [0.15, 0.2) is 0 Å². The maximum Gasteiger partial charge on any atom is 0.0635 e. The average molecular weight is 235 g/mol. The third-order valence-corrected chi connectivity index (χ3v) is 3.02. The van der Waals surface area contributed by atoms with E-state index in [2.05, 4.69) is 27.3 Å². The molecular weight excluding hydrogens is 214 g/mol. The van der Waals surface area contributed by atoms with Crippen LogP contribution in [0.3, 0.4) is 0 Å². The molecule has 0 bridgehead atoms. The van der Waals surface area contributed by atoms with Crippen LogP contribution in [0, 0.1) is 22.7 Å². The molecule has 0 saturated carbocycles. The summed E-state index contributed by atoms with van der Waals surface area (Å²) in [5.74, 6) is 0. The van der Waals surface area contributed by atoms with Crippen LogP contribution in [0.1, 0.15) is 12.8 Å². The van der Waals surface area contributed by atoms with Crippen molar-refractivity contribution in [3.05, 3.63) is 0 Å². The summed E-state index contributed by atoms with van der Waals surface area (Å²) < 4.78 is 0. The van der Waals surface area contributed by atoms with Crippen molar-refractivity contribution >= 4 is 0 Å². The maximum atomic E-state index is 8.52. The molecule has 1 N–H and O–H groups in total. The van der Waals surface area contributed by atoms with Crippen LogP contribution in [-0.4, -0.2) is 62.2 Å². The number of nitriles is 2. The molecule has 0 atom stereocenters. The van der Waals surface area contributed by atoms with Gasteiger partial charge in [-0.15, -0.1) is 0 Å². The SMILES string of the molecule is N#CCCNCCN1CCN(CCC#N)CC1. The summed E-state index contributed by atoms with van der Waals surface area (Å²) >= 11 is 0. The molecule has 94 valence electrons. The second kappa shape index (κ2) is 8.95. The van der Waals surface area contributed by atoms with Crippen molar-refractivity contribution in [3.8, 4) is 12.1 Å². The van der Waals surface area contributed by atoms with E-state index in [1.165, 1.54) is 0 Å². The molecule has 0 radical (unpaired) electrons. The predicted octanol–water partition coefficient (Wildman–Crippen LogP) is 0.0210. The Labute approximate surface area is 104 Å². The van der Waals surface area contributed by atoms with Crippen molar-refractivity contribution in [2.75, 3.05) is 52.4 Å². The third kappa shape index (κ3) is 6.23. The summed E-state index contributed by atoms with van der Waals surface area (Å²) in [6.07, 6.45) is 1.22. The highest BCUT2D eigenvalue weighted by Crippen LogP contribution is 2.01. The van der Waals surface area contributed by atoms with E-state index in [-0.39, 0.29) is 0 Å². The normalized spacial score (nSPS) is 17.5. The van der Waals surface area contributed by atoms with Crippen LogP contribution in [-0.2, 0) is 0 Å². The molecule has 1 rings (SSSR count). The highest BCUT2D eigenvalue weighted by atomic mass is 15.3. The minimum absolute atomic E-state index is 0.585. The smallest absolute Gasteiger partial charge is 0.0635 e. The van der Waals surface area contributed by atoms with Crippen LogP contribution in [0.4, 0.5) is 0 Å². The Hall–Kier alpha value is -1.14. The summed E-state index contributed by atoms with van der Waals surface area (Å²) in [6.45, 7) is 8.03. The quantitative estimate of drug-likeness (QED) is 0.630. The monoisotopic (exact) mass is 235 g/mol. The summed E-state index contributed by atoms with van der Waals surface area (Å²) in [7, 11) is 0. The lowest BCUT2D eigenvalue weighted by molar-refractivity contribution is 0.135. The van der Waals surface area contributed by atoms with Gasteiger partial charge < -0.3 is 5.32 Å². The van der Waals surface area contributed by atoms with E-state index in [1.54, 1.807) is 0 Å². The molecule has 1 aliphatic heterocycles. The average Bonchev–Trinajstić information content (AvgIpc) is 2.37. The zero-order chi connectivity index (χ0) is 12.3. The van der Waals surface area contributed by atoms with Crippen LogP contribution in [0.2, 0.25) is 0 Å². The lowest BCUT2D eigenvalue weighted by atomic mass is 10.3. The van der Waals surface area contributed by atoms with Crippen molar-refractivity contribution in [3.63, 3.8) is 0 Å². The minimum atomic E-state index is 0.585. The molecule has 17 heavy (non-hydrogen) atoms. The molecule has 0 aromatic carbocycles. The van der Waals surface area contributed by atoms with Gasteiger partial charge in [0, 0.05) is 65.2 Å². The highest BCUT2D eigenvalue weighted by Gasteiger charge is 2.15. The second-order valence-corrected chi connectivity index (χ2v) is 4.25. The number of piperazine rings is 1. The van der Waals surface area contributed by atoms with Gasteiger partial charge in [-0.2, -0.15) is 10.5 Å². The van der Waals surface area contributed by atoms with Gasteiger partial charge in [-0.3, -0.25) is 9.80 Å². The zero-order valence-electron chi connectivity index (χ0n) is 10.4. The van der Waals surface area contributed by atoms with Gasteiger partial charge in [0.1, 0.15) is 0 Å². The highest BCUT2D eigenvalue weighted by molar-refractivity contribution is 4.77. The summed E-state index contributed by atoms with van der Waals surface area (Å²) in [4.78, 5) is 4.78. The largest absolute Gasteiger partial charge is 0.314 e. The molecule has 0 aromatic rings. The van der Waals surface area contributed by atoms with Gasteiger partial charge in [-0.05, 0) is 0 Å². The topological polar surface area (TPSA) is 66.1 Å². The minimum Gasteiger partial charge on any atom is -0.314 e. The Morgan fingerprint density at radius 2 is 1.41 bits per heavy atom. The van der Waals surface area contributed by atoms with Crippen LogP contribution >= 0.6 is 0 Å². The first-order chi connectivity index (χ1) is 8.36. The van der Waals surface area contributed by atoms with E-state index >= 15 is 0 Å². The summed E-state index contributed by atoms with van der Waals surface area (Å²) in [5, 5.41) is 20.2. The first kappa shape index (κ1) is 13.9. The second-order valence-electron chi connectivity index (χ2n) is 4.25. The first-order valence-electron chi connectivity index (χ1n) is 6.26. The van der Waals surface area contributed by atoms with Crippen molar-refractivity contribution in [1.82, 2.24) is 15.1 Å². The molecule has 0 amide bonds. The number of nitrogens with one attached hydrogen (secondary N) is 1. The molecule has 5 nitrogen and oxygen atoms in total. The fourth-order valence-electron chi connectivity index (χ4n) is 1.95. The molecule has 1 saturated heterocycles. The summed E-state index contributed by atoms with van der Waals surface area (Å²) in [6, 6.07) is 4.31. The van der Waals surface area contributed by atoms with Gasteiger partial charge in [0.2, 0.25) is 0 Å². The Kier molecular flexibility index (Phi) is 7.33. The predicted molar refractivity (Wildman–Crippen MR) is 66.2 cm³/mol. The van der Waals surface area contributed by atoms with E-state index < -0.39 is 0 Å². The van der Waals surface area contributed by atoms with Crippen LogP contribution in [0.25, 0.3) is 0 Å². The molecule has 1 aliphatic rings. The maximum absolute atomic E-state index is 8.52. The van der Waals surface area contributed by atoms with Gasteiger partial charge in [-0.25, -0.2) is 0 Å². The van der Waals surface area contributed by atoms with Gasteiger partial charge in [0.05, 0.1) is 12.1 Å². The van der Waals surface area contributed by atoms with E-state index in [4.69, 9.17) is 10.5 Å². The molecule has 0 spiro atoms. The Morgan fingerprint density at radius 1 is 0.824 bits per heavy atom. The number of rotatable bonds is 7. The molecular formula is C12H21N5. The van der Waals surface area contributed by atoms with Crippen molar-refractivity contribution < 1.29 is 0 Å². The third-order valence-electron chi connectivity index (χ3n) is 3.02. The molecule has 0 aliphatic carbocycles. The van der Waals surface area contributed by atoms with Crippen LogP contribution in [0.15, 0.2) is 0 Å². The summed E-state index contributed by atoms with van der Waals surface area (Å²) in [5.41, 5.74) is 0. The van der Waals surface area contributed by atoms with E-state index in [1.807, 2.05) is 0 Å². The Balaban J connectivity index is 2.00. The molecule has 0 unspecified atom stereocenters. The van der Waals surface area contributed by atoms with Crippen LogP contribution in [0.5, 0.6) is 0 Å². The van der Waals surface area contributed by atoms with E-state index in [9.17, 15) is 0 Å². The number of nitrogens with zero attached hydrogens (tertiary/aromatic N) is 4. The van der Waals surface area contributed by atoms with Crippen molar-refractivity contribution in [2.45, 2.75) is 12.8 Å². The van der Waals surface area contributed by atoms with Crippen molar-refractivity contribution in [1.29, 1.82) is 10.5 Å². The van der Waals surface area contributed by atoms with E-state index in [0.29, 0.717) is 12.8 Å². The fraction of sp³-hybridized carbons (Fsp3) is 0.833. The van der Waals surface area contributed by atoms with Gasteiger partial charge >= 0.3 is 0 Å². The molecule has 0 aromatic heterocycles. The van der Waals surface area contributed by atoms with E-state index in [0.717, 1.165) is 52.4 Å².